The van der Waals surface area contributed by atoms with Crippen LogP contribution >= 0.6 is 0 Å². The minimum absolute atomic E-state index is 0.0962. The van der Waals surface area contributed by atoms with Crippen molar-refractivity contribution in [3.05, 3.63) is 84.8 Å². The number of anilines is 1. The van der Waals surface area contributed by atoms with E-state index in [9.17, 15) is 9.90 Å². The van der Waals surface area contributed by atoms with Crippen LogP contribution in [0, 0.1) is 5.92 Å². The van der Waals surface area contributed by atoms with E-state index in [2.05, 4.69) is 29.8 Å². The highest BCUT2D eigenvalue weighted by Gasteiger charge is 2.48. The third-order valence-electron chi connectivity index (χ3n) is 6.62. The van der Waals surface area contributed by atoms with Crippen LogP contribution in [0.1, 0.15) is 23.5 Å². The van der Waals surface area contributed by atoms with Gasteiger partial charge >= 0.3 is 5.97 Å². The maximum Gasteiger partial charge on any atom is 0.320 e. The van der Waals surface area contributed by atoms with Crippen LogP contribution in [0.25, 0.3) is 5.57 Å². The predicted octanol–water partition coefficient (Wildman–Crippen LogP) is 1.38. The zero-order valence-corrected chi connectivity index (χ0v) is 20.6. The van der Waals surface area contributed by atoms with Crippen molar-refractivity contribution in [2.45, 2.75) is 24.7 Å². The van der Waals surface area contributed by atoms with E-state index in [0.29, 0.717) is 54.9 Å². The lowest BCUT2D eigenvalue weighted by Gasteiger charge is -2.42. The summed E-state index contributed by atoms with van der Waals surface area (Å²) in [6, 6.07) is 4.21. The molecule has 3 aromatic heterocycles. The Morgan fingerprint density at radius 1 is 1.13 bits per heavy atom. The summed E-state index contributed by atoms with van der Waals surface area (Å²) in [5.74, 6) is -0.983. The Balaban J connectivity index is 1.56. The molecule has 12 nitrogen and oxygen atoms in total. The number of carbonyl (C=O) groups is 1. The van der Waals surface area contributed by atoms with Gasteiger partial charge in [0.05, 0.1) is 36.9 Å². The first kappa shape index (κ1) is 25.5. The quantitative estimate of drug-likeness (QED) is 0.421. The van der Waals surface area contributed by atoms with Gasteiger partial charge in [0.15, 0.2) is 0 Å². The zero-order valence-electron chi connectivity index (χ0n) is 20.6. The molecule has 2 aliphatic rings. The molecule has 0 aromatic carbocycles. The molecule has 3 N–H and O–H groups in total. The maximum atomic E-state index is 11.8. The molecule has 5 rings (SSSR count). The number of hydrogen-bond acceptors (Lipinski definition) is 11. The molecule has 1 fully saturated rings. The molecule has 196 valence electrons. The third kappa shape index (κ3) is 5.28. The van der Waals surface area contributed by atoms with E-state index >= 15 is 0 Å². The van der Waals surface area contributed by atoms with Crippen LogP contribution in [0.5, 0.6) is 0 Å². The first-order valence-electron chi connectivity index (χ1n) is 12.3. The van der Waals surface area contributed by atoms with E-state index in [4.69, 9.17) is 20.2 Å². The summed E-state index contributed by atoms with van der Waals surface area (Å²) in [6.45, 7) is 2.74. The zero-order chi connectivity index (χ0) is 26.4. The molecule has 12 heteroatoms. The fourth-order valence-corrected chi connectivity index (χ4v) is 4.76. The van der Waals surface area contributed by atoms with Gasteiger partial charge in [-0.3, -0.25) is 4.79 Å². The lowest BCUT2D eigenvalue weighted by atomic mass is 9.71. The van der Waals surface area contributed by atoms with Crippen LogP contribution in [0.2, 0.25) is 0 Å². The number of nitrogens with two attached hydrogens (primary N) is 1. The Morgan fingerprint density at radius 2 is 1.92 bits per heavy atom. The minimum atomic E-state index is -1.23. The van der Waals surface area contributed by atoms with E-state index < -0.39 is 23.5 Å². The van der Waals surface area contributed by atoms with Gasteiger partial charge in [0, 0.05) is 43.2 Å². The fourth-order valence-electron chi connectivity index (χ4n) is 4.76. The average Bonchev–Trinajstić information content (AvgIpc) is 2.98. The summed E-state index contributed by atoms with van der Waals surface area (Å²) in [6.07, 6.45) is 13.6. The highest BCUT2D eigenvalue weighted by Crippen LogP contribution is 2.49. The number of aromatic nitrogens is 6. The molecule has 0 bridgehead atoms. The van der Waals surface area contributed by atoms with E-state index in [0.717, 1.165) is 0 Å². The molecule has 4 heterocycles. The predicted molar refractivity (Wildman–Crippen MR) is 136 cm³/mol. The first-order valence-corrected chi connectivity index (χ1v) is 12.3. The Morgan fingerprint density at radius 3 is 2.63 bits per heavy atom. The minimum Gasteiger partial charge on any atom is -0.480 e. The molecule has 1 aliphatic heterocycles. The molecule has 0 radical (unpaired) electrons. The normalized spacial score (nSPS) is 22.1. The molecule has 1 saturated heterocycles. The number of hydrogen-bond donors (Lipinski definition) is 2. The Labute approximate surface area is 219 Å². The summed E-state index contributed by atoms with van der Waals surface area (Å²) < 4.78 is 12.2. The van der Waals surface area contributed by atoms with Crippen molar-refractivity contribution in [1.29, 1.82) is 0 Å². The number of aliphatic carboxylic acids is 1. The number of allylic oxidation sites excluding steroid dienone is 2. The van der Waals surface area contributed by atoms with Crippen molar-refractivity contribution in [1.82, 2.24) is 29.9 Å². The number of rotatable bonds is 9. The molecule has 0 spiro atoms. The van der Waals surface area contributed by atoms with Gasteiger partial charge in [-0.2, -0.15) is 0 Å². The van der Waals surface area contributed by atoms with Gasteiger partial charge in [0.2, 0.25) is 5.95 Å². The topological polar surface area (TPSA) is 162 Å². The summed E-state index contributed by atoms with van der Waals surface area (Å²) in [5, 5.41) is 9.62. The van der Waals surface area contributed by atoms with Crippen LogP contribution in [-0.4, -0.2) is 73.3 Å². The number of carboxylic acids is 1. The molecular weight excluding hydrogens is 488 g/mol. The summed E-state index contributed by atoms with van der Waals surface area (Å²) in [5.41, 5.74) is 7.33. The molecule has 38 heavy (non-hydrogen) atoms. The summed E-state index contributed by atoms with van der Waals surface area (Å²) in [4.78, 5) is 40.2. The summed E-state index contributed by atoms with van der Waals surface area (Å²) >= 11 is 0. The van der Waals surface area contributed by atoms with Gasteiger partial charge in [-0.05, 0) is 24.6 Å². The SMILES string of the molecule is NC(CC1C=CC=C(c2ccncn2)C1(OCc1ccnc(N2CCOCC2)n1)c1ccncn1)C(=O)O. The van der Waals surface area contributed by atoms with Crippen LogP contribution in [0.3, 0.4) is 0 Å². The van der Waals surface area contributed by atoms with Crippen molar-refractivity contribution < 1.29 is 19.4 Å². The fraction of sp³-hybridized carbons (Fsp3) is 0.346. The van der Waals surface area contributed by atoms with E-state index in [1.165, 1.54) is 12.7 Å². The van der Waals surface area contributed by atoms with E-state index in [-0.39, 0.29) is 13.0 Å². The van der Waals surface area contributed by atoms with Crippen LogP contribution < -0.4 is 10.6 Å². The molecule has 0 saturated carbocycles. The molecule has 1 aliphatic carbocycles. The lowest BCUT2D eigenvalue weighted by molar-refractivity contribution is -0.139. The smallest absolute Gasteiger partial charge is 0.320 e. The van der Waals surface area contributed by atoms with Gasteiger partial charge in [-0.25, -0.2) is 29.9 Å². The van der Waals surface area contributed by atoms with Crippen molar-refractivity contribution in [3.63, 3.8) is 0 Å². The van der Waals surface area contributed by atoms with Crippen LogP contribution in [0.4, 0.5) is 5.95 Å². The lowest BCUT2D eigenvalue weighted by Crippen LogP contribution is -2.45. The van der Waals surface area contributed by atoms with Gasteiger partial charge in [0.1, 0.15) is 24.3 Å². The molecular formula is C26H28N8O4. The first-order chi connectivity index (χ1) is 18.6. The van der Waals surface area contributed by atoms with Crippen molar-refractivity contribution in [2.24, 2.45) is 11.7 Å². The number of nitrogens with zero attached hydrogens (tertiary/aromatic N) is 7. The maximum absolute atomic E-state index is 11.8. The Hall–Kier alpha value is -4.13. The standard InChI is InChI=1S/C26H28N8O4/c27-21(24(35)36)14-18-2-1-3-20(22-5-7-28-16-31-22)26(18,23-6-8-29-17-32-23)38-15-19-4-9-30-25(33-19)34-10-12-37-13-11-34/h1-9,16-18,21H,10-15,27H2,(H,35,36). The van der Waals surface area contributed by atoms with Gasteiger partial charge < -0.3 is 25.2 Å². The second kappa shape index (κ2) is 11.5. The molecule has 3 aromatic rings. The van der Waals surface area contributed by atoms with E-state index in [1.807, 2.05) is 18.2 Å². The molecule has 3 unspecified atom stereocenters. The van der Waals surface area contributed by atoms with Gasteiger partial charge in [0.25, 0.3) is 0 Å². The number of ether oxygens (including phenoxy) is 2. The van der Waals surface area contributed by atoms with Crippen molar-refractivity contribution >= 4 is 17.5 Å². The van der Waals surface area contributed by atoms with Crippen LogP contribution in [-0.2, 0) is 26.5 Å². The average molecular weight is 517 g/mol. The highest BCUT2D eigenvalue weighted by atomic mass is 16.5. The van der Waals surface area contributed by atoms with E-state index in [1.54, 1.807) is 36.8 Å². The van der Waals surface area contributed by atoms with Crippen molar-refractivity contribution in [2.75, 3.05) is 31.2 Å². The number of morpholine rings is 1. The Kier molecular flexibility index (Phi) is 7.73. The van der Waals surface area contributed by atoms with Crippen LogP contribution in [0.15, 0.2) is 67.7 Å². The second-order valence-corrected chi connectivity index (χ2v) is 8.91. The number of carboxylic acid groups (broad SMARTS) is 1. The second-order valence-electron chi connectivity index (χ2n) is 8.91. The van der Waals surface area contributed by atoms with Gasteiger partial charge in [-0.1, -0.05) is 18.2 Å². The molecule has 0 amide bonds. The van der Waals surface area contributed by atoms with Crippen molar-refractivity contribution in [3.8, 4) is 0 Å². The molecule has 3 atom stereocenters. The van der Waals surface area contributed by atoms with Gasteiger partial charge in [-0.15, -0.1) is 0 Å². The monoisotopic (exact) mass is 516 g/mol. The largest absolute Gasteiger partial charge is 0.480 e. The Bertz CT molecular complexity index is 1300. The third-order valence-corrected chi connectivity index (χ3v) is 6.62. The summed E-state index contributed by atoms with van der Waals surface area (Å²) in [7, 11) is 0. The highest BCUT2D eigenvalue weighted by molar-refractivity contribution is 5.76.